The number of hydrogen-bond donors (Lipinski definition) is 0. The van der Waals surface area contributed by atoms with Crippen molar-refractivity contribution in [3.8, 4) is 5.88 Å². The number of pyridine rings is 1. The van der Waals surface area contributed by atoms with Crippen LogP contribution in [0.1, 0.15) is 6.92 Å². The van der Waals surface area contributed by atoms with Gasteiger partial charge >= 0.3 is 0 Å². The molecule has 1 aromatic rings. The van der Waals surface area contributed by atoms with Crippen LogP contribution < -0.4 is 4.74 Å². The number of ether oxygens (including phenoxy) is 1. The average Bonchev–Trinajstić information content (AvgIpc) is 2.03. The summed E-state index contributed by atoms with van der Waals surface area (Å²) < 4.78 is 5.26. The Morgan fingerprint density at radius 1 is 1.64 bits per heavy atom. The van der Waals surface area contributed by atoms with Crippen LogP contribution >= 0.6 is 0 Å². The monoisotopic (exact) mass is 149 g/mol. The Morgan fingerprint density at radius 3 is 3.00 bits per heavy atom. The topological polar surface area (TPSA) is 22.1 Å². The van der Waals surface area contributed by atoms with Gasteiger partial charge in [-0.2, -0.15) is 0 Å². The van der Waals surface area contributed by atoms with E-state index in [2.05, 4.69) is 11.6 Å². The maximum absolute atomic E-state index is 5.26. The van der Waals surface area contributed by atoms with Gasteiger partial charge in [-0.3, -0.25) is 0 Å². The summed E-state index contributed by atoms with van der Waals surface area (Å²) in [5, 5.41) is 0. The van der Waals surface area contributed by atoms with Crippen molar-refractivity contribution in [3.63, 3.8) is 0 Å². The van der Waals surface area contributed by atoms with Crippen molar-refractivity contribution in [2.75, 3.05) is 6.61 Å². The zero-order valence-electron chi connectivity index (χ0n) is 6.58. The quantitative estimate of drug-likeness (QED) is 0.613. The van der Waals surface area contributed by atoms with E-state index >= 15 is 0 Å². The molecule has 58 valence electrons. The molecule has 0 amide bonds. The maximum atomic E-state index is 5.26. The van der Waals surface area contributed by atoms with Gasteiger partial charge in [-0.1, -0.05) is 12.6 Å². The van der Waals surface area contributed by atoms with Gasteiger partial charge < -0.3 is 4.74 Å². The second kappa shape index (κ2) is 3.76. The van der Waals surface area contributed by atoms with Crippen LogP contribution in [0.4, 0.5) is 0 Å². The molecule has 0 aromatic carbocycles. The molecule has 0 aliphatic carbocycles. The van der Waals surface area contributed by atoms with Crippen LogP contribution in [0.3, 0.4) is 0 Å². The molecule has 0 unspecified atom stereocenters. The summed E-state index contributed by atoms with van der Waals surface area (Å²) in [6.45, 7) is 6.18. The molecule has 0 atom stereocenters. The van der Waals surface area contributed by atoms with Crippen molar-refractivity contribution >= 4 is 0 Å². The van der Waals surface area contributed by atoms with Crippen molar-refractivity contribution in [1.82, 2.24) is 4.98 Å². The fraction of sp³-hybridized carbons (Fsp3) is 0.222. The molecule has 2 nitrogen and oxygen atoms in total. The van der Waals surface area contributed by atoms with E-state index in [4.69, 9.17) is 4.74 Å². The molecule has 0 aliphatic heterocycles. The lowest BCUT2D eigenvalue weighted by Gasteiger charge is -2.02. The lowest BCUT2D eigenvalue weighted by molar-refractivity contribution is 0.339. The highest BCUT2D eigenvalue weighted by molar-refractivity contribution is 5.10. The number of nitrogens with zero attached hydrogens (tertiary/aromatic N) is 1. The first-order valence-corrected chi connectivity index (χ1v) is 3.47. The molecule has 1 aromatic heterocycles. The van der Waals surface area contributed by atoms with E-state index in [1.54, 1.807) is 6.20 Å². The van der Waals surface area contributed by atoms with Crippen LogP contribution in [-0.4, -0.2) is 11.6 Å². The fourth-order valence-electron chi connectivity index (χ4n) is 0.630. The molecule has 0 N–H and O–H groups in total. The second-order valence-corrected chi connectivity index (χ2v) is 2.41. The van der Waals surface area contributed by atoms with Gasteiger partial charge in [0.15, 0.2) is 0 Å². The molecule has 0 bridgehead atoms. The van der Waals surface area contributed by atoms with Crippen LogP contribution in [0.2, 0.25) is 0 Å². The number of hydrogen-bond acceptors (Lipinski definition) is 2. The van der Waals surface area contributed by atoms with Crippen LogP contribution in [0.5, 0.6) is 5.88 Å². The molecule has 0 saturated carbocycles. The molecule has 0 saturated heterocycles. The summed E-state index contributed by atoms with van der Waals surface area (Å²) >= 11 is 0. The van der Waals surface area contributed by atoms with Crippen molar-refractivity contribution in [2.24, 2.45) is 0 Å². The average molecular weight is 149 g/mol. The van der Waals surface area contributed by atoms with E-state index in [9.17, 15) is 0 Å². The minimum atomic E-state index is 0.539. The van der Waals surface area contributed by atoms with E-state index in [-0.39, 0.29) is 0 Å². The zero-order valence-corrected chi connectivity index (χ0v) is 6.58. The molecule has 0 fully saturated rings. The largest absolute Gasteiger partial charge is 0.473 e. The van der Waals surface area contributed by atoms with Gasteiger partial charge in [0.2, 0.25) is 5.88 Å². The summed E-state index contributed by atoms with van der Waals surface area (Å²) in [4.78, 5) is 3.99. The molecule has 2 heteroatoms. The third kappa shape index (κ3) is 2.85. The lowest BCUT2D eigenvalue weighted by Crippen LogP contribution is -1.98. The van der Waals surface area contributed by atoms with Crippen molar-refractivity contribution < 1.29 is 4.74 Å². The van der Waals surface area contributed by atoms with Gasteiger partial charge in [-0.25, -0.2) is 4.98 Å². The fourth-order valence-corrected chi connectivity index (χ4v) is 0.630. The molecular formula is C9H11NO. The smallest absolute Gasteiger partial charge is 0.213 e. The van der Waals surface area contributed by atoms with Gasteiger partial charge in [-0.05, 0) is 18.6 Å². The van der Waals surface area contributed by atoms with E-state index in [0.29, 0.717) is 12.5 Å². The van der Waals surface area contributed by atoms with Gasteiger partial charge in [0.1, 0.15) is 6.61 Å². The molecule has 0 spiro atoms. The third-order valence-electron chi connectivity index (χ3n) is 1.10. The molecule has 11 heavy (non-hydrogen) atoms. The van der Waals surface area contributed by atoms with Crippen molar-refractivity contribution in [3.05, 3.63) is 36.5 Å². The van der Waals surface area contributed by atoms with Crippen molar-refractivity contribution in [1.29, 1.82) is 0 Å². The van der Waals surface area contributed by atoms with Gasteiger partial charge in [0.25, 0.3) is 0 Å². The highest BCUT2D eigenvalue weighted by Crippen LogP contribution is 2.03. The summed E-state index contributed by atoms with van der Waals surface area (Å²) in [5.41, 5.74) is 0.996. The first kappa shape index (κ1) is 7.79. The van der Waals surface area contributed by atoms with Crippen molar-refractivity contribution in [2.45, 2.75) is 6.92 Å². The van der Waals surface area contributed by atoms with Crippen LogP contribution in [0, 0.1) is 0 Å². The van der Waals surface area contributed by atoms with E-state index < -0.39 is 0 Å². The predicted molar refractivity (Wildman–Crippen MR) is 44.5 cm³/mol. The molecule has 0 radical (unpaired) electrons. The molecule has 1 heterocycles. The third-order valence-corrected chi connectivity index (χ3v) is 1.10. The Labute approximate surface area is 66.5 Å². The Bertz CT molecular complexity index is 231. The normalized spacial score (nSPS) is 9.18. The highest BCUT2D eigenvalue weighted by Gasteiger charge is 1.90. The summed E-state index contributed by atoms with van der Waals surface area (Å²) in [5.74, 6) is 0.649. The SMILES string of the molecule is C=C(C)COc1ccccn1. The second-order valence-electron chi connectivity index (χ2n) is 2.41. The Morgan fingerprint density at radius 2 is 2.45 bits per heavy atom. The molecule has 1 rings (SSSR count). The minimum Gasteiger partial charge on any atom is -0.473 e. The Kier molecular flexibility index (Phi) is 2.66. The summed E-state index contributed by atoms with van der Waals surface area (Å²) in [6.07, 6.45) is 1.70. The van der Waals surface area contributed by atoms with Crippen LogP contribution in [-0.2, 0) is 0 Å². The molecule has 0 aliphatic rings. The number of aromatic nitrogens is 1. The first-order chi connectivity index (χ1) is 5.29. The standard InChI is InChI=1S/C9H11NO/c1-8(2)7-11-9-5-3-4-6-10-9/h3-6H,1,7H2,2H3. The zero-order chi connectivity index (χ0) is 8.10. The Hall–Kier alpha value is -1.31. The van der Waals surface area contributed by atoms with Gasteiger partial charge in [0.05, 0.1) is 0 Å². The van der Waals surface area contributed by atoms with E-state index in [1.807, 2.05) is 25.1 Å². The van der Waals surface area contributed by atoms with Crippen LogP contribution in [0.25, 0.3) is 0 Å². The maximum Gasteiger partial charge on any atom is 0.213 e. The first-order valence-electron chi connectivity index (χ1n) is 3.47. The predicted octanol–water partition coefficient (Wildman–Crippen LogP) is 2.04. The van der Waals surface area contributed by atoms with E-state index in [0.717, 1.165) is 5.57 Å². The van der Waals surface area contributed by atoms with E-state index in [1.165, 1.54) is 0 Å². The minimum absolute atomic E-state index is 0.539. The summed E-state index contributed by atoms with van der Waals surface area (Å²) in [7, 11) is 0. The number of rotatable bonds is 3. The highest BCUT2D eigenvalue weighted by atomic mass is 16.5. The van der Waals surface area contributed by atoms with Crippen LogP contribution in [0.15, 0.2) is 36.5 Å². The van der Waals surface area contributed by atoms with Gasteiger partial charge in [-0.15, -0.1) is 0 Å². The lowest BCUT2D eigenvalue weighted by atomic mass is 10.4. The summed E-state index contributed by atoms with van der Waals surface area (Å²) in [6, 6.07) is 5.57. The van der Waals surface area contributed by atoms with Gasteiger partial charge in [0, 0.05) is 12.3 Å². The molecular weight excluding hydrogens is 138 g/mol. The Balaban J connectivity index is 2.45.